The van der Waals surface area contributed by atoms with Crippen LogP contribution in [0.2, 0.25) is 0 Å². The normalized spacial score (nSPS) is 11.0. The van der Waals surface area contributed by atoms with Gasteiger partial charge in [0.2, 0.25) is 0 Å². The highest BCUT2D eigenvalue weighted by molar-refractivity contribution is 7.99. The van der Waals surface area contributed by atoms with Crippen molar-refractivity contribution in [1.29, 1.82) is 0 Å². The Morgan fingerprint density at radius 2 is 1.90 bits per heavy atom. The Hall–Kier alpha value is -1.81. The van der Waals surface area contributed by atoms with Crippen LogP contribution in [0.3, 0.4) is 0 Å². The summed E-state index contributed by atoms with van der Waals surface area (Å²) < 4.78 is 2.00. The first-order chi connectivity index (χ1) is 10.4. The van der Waals surface area contributed by atoms with Crippen LogP contribution in [0.1, 0.15) is 19.3 Å². The van der Waals surface area contributed by atoms with Crippen LogP contribution >= 0.6 is 11.8 Å². The van der Waals surface area contributed by atoms with Gasteiger partial charge in [-0.2, -0.15) is 5.10 Å². The number of thioether (sulfide) groups is 1. The van der Waals surface area contributed by atoms with E-state index in [0.717, 1.165) is 22.8 Å². The molecule has 3 rings (SSSR count). The molecule has 0 amide bonds. The quantitative estimate of drug-likeness (QED) is 0.478. The van der Waals surface area contributed by atoms with Gasteiger partial charge in [0.15, 0.2) is 0 Å². The summed E-state index contributed by atoms with van der Waals surface area (Å²) in [5.41, 5.74) is 1.08. The van der Waals surface area contributed by atoms with Crippen LogP contribution in [0, 0.1) is 0 Å². The molecule has 2 heterocycles. The van der Waals surface area contributed by atoms with Gasteiger partial charge in [0, 0.05) is 24.3 Å². The van der Waals surface area contributed by atoms with E-state index in [-0.39, 0.29) is 0 Å². The van der Waals surface area contributed by atoms with Gasteiger partial charge in [-0.3, -0.25) is 4.68 Å². The van der Waals surface area contributed by atoms with E-state index in [0.29, 0.717) is 0 Å². The van der Waals surface area contributed by atoms with Crippen molar-refractivity contribution in [2.45, 2.75) is 30.8 Å². The van der Waals surface area contributed by atoms with Gasteiger partial charge in [-0.1, -0.05) is 30.7 Å². The number of unbranched alkanes of at least 4 members (excludes halogenated alkanes) is 2. The van der Waals surface area contributed by atoms with E-state index < -0.39 is 0 Å². The van der Waals surface area contributed by atoms with Crippen molar-refractivity contribution in [2.24, 2.45) is 0 Å². The lowest BCUT2D eigenvalue weighted by molar-refractivity contribution is 0.554. The standard InChI is InChI=1S/C17H19N3S/c1(4-12-20-13-6-11-18-20)5-14-21-17-10-9-15-7-2-3-8-16(15)19-17/h2-3,6-11,13H,1,4-5,12,14H2. The Morgan fingerprint density at radius 3 is 2.81 bits per heavy atom. The molecule has 0 fully saturated rings. The van der Waals surface area contributed by atoms with Gasteiger partial charge in [0.1, 0.15) is 0 Å². The molecule has 0 saturated heterocycles. The van der Waals surface area contributed by atoms with Crippen molar-refractivity contribution in [2.75, 3.05) is 5.75 Å². The molecule has 3 nitrogen and oxygen atoms in total. The van der Waals surface area contributed by atoms with E-state index in [4.69, 9.17) is 0 Å². The van der Waals surface area contributed by atoms with Crippen LogP contribution in [0.4, 0.5) is 0 Å². The molecule has 21 heavy (non-hydrogen) atoms. The summed E-state index contributed by atoms with van der Waals surface area (Å²) in [6, 6.07) is 14.5. The predicted octanol–water partition coefficient (Wildman–Crippen LogP) is 4.39. The fraction of sp³-hybridized carbons (Fsp3) is 0.294. The van der Waals surface area contributed by atoms with Crippen LogP contribution in [-0.4, -0.2) is 20.5 Å². The van der Waals surface area contributed by atoms with Crippen LogP contribution in [0.25, 0.3) is 10.9 Å². The highest BCUT2D eigenvalue weighted by Crippen LogP contribution is 2.21. The lowest BCUT2D eigenvalue weighted by Gasteiger charge is -2.04. The minimum atomic E-state index is 1.02. The molecule has 0 bridgehead atoms. The lowest BCUT2D eigenvalue weighted by Crippen LogP contribution is -1.98. The maximum absolute atomic E-state index is 4.68. The largest absolute Gasteiger partial charge is 0.273 e. The Kier molecular flexibility index (Phi) is 4.90. The number of nitrogens with zero attached hydrogens (tertiary/aromatic N) is 3. The summed E-state index contributed by atoms with van der Waals surface area (Å²) in [6.45, 7) is 1.02. The SMILES string of the molecule is c1ccc2nc(SCCCCCn3cccn3)ccc2c1. The summed E-state index contributed by atoms with van der Waals surface area (Å²) in [5, 5.41) is 6.55. The number of aromatic nitrogens is 3. The summed E-state index contributed by atoms with van der Waals surface area (Å²) in [6.07, 6.45) is 7.50. The third-order valence-corrected chi connectivity index (χ3v) is 4.43. The molecule has 0 spiro atoms. The first kappa shape index (κ1) is 14.1. The molecule has 0 radical (unpaired) electrons. The summed E-state index contributed by atoms with van der Waals surface area (Å²) in [4.78, 5) is 4.68. The van der Waals surface area contributed by atoms with E-state index in [1.54, 1.807) is 0 Å². The number of para-hydroxylation sites is 1. The second-order valence-electron chi connectivity index (χ2n) is 5.02. The fourth-order valence-corrected chi connectivity index (χ4v) is 3.17. The van der Waals surface area contributed by atoms with Gasteiger partial charge >= 0.3 is 0 Å². The number of rotatable bonds is 7. The van der Waals surface area contributed by atoms with Crippen molar-refractivity contribution >= 4 is 22.7 Å². The van der Waals surface area contributed by atoms with Crippen molar-refractivity contribution in [3.8, 4) is 0 Å². The molecule has 2 aromatic heterocycles. The smallest absolute Gasteiger partial charge is 0.0967 e. The molecule has 0 atom stereocenters. The van der Waals surface area contributed by atoms with Gasteiger partial charge in [-0.05, 0) is 36.8 Å². The lowest BCUT2D eigenvalue weighted by atomic mass is 10.2. The molecule has 3 aromatic rings. The zero-order chi connectivity index (χ0) is 14.3. The second-order valence-corrected chi connectivity index (χ2v) is 6.14. The van der Waals surface area contributed by atoms with Crippen LogP contribution in [-0.2, 0) is 6.54 Å². The average molecular weight is 297 g/mol. The van der Waals surface area contributed by atoms with Gasteiger partial charge < -0.3 is 0 Å². The molecule has 0 aliphatic heterocycles. The summed E-state index contributed by atoms with van der Waals surface area (Å²) in [7, 11) is 0. The van der Waals surface area contributed by atoms with Crippen molar-refractivity contribution in [3.63, 3.8) is 0 Å². The number of benzene rings is 1. The number of fused-ring (bicyclic) bond motifs is 1. The molecule has 4 heteroatoms. The van der Waals surface area contributed by atoms with Crippen molar-refractivity contribution in [1.82, 2.24) is 14.8 Å². The van der Waals surface area contributed by atoms with Crippen molar-refractivity contribution in [3.05, 3.63) is 54.9 Å². The minimum Gasteiger partial charge on any atom is -0.273 e. The molecular formula is C17H19N3S. The summed E-state index contributed by atoms with van der Waals surface area (Å²) >= 11 is 1.85. The third-order valence-electron chi connectivity index (χ3n) is 3.41. The maximum Gasteiger partial charge on any atom is 0.0967 e. The monoisotopic (exact) mass is 297 g/mol. The van der Waals surface area contributed by atoms with Crippen LogP contribution in [0.5, 0.6) is 0 Å². The van der Waals surface area contributed by atoms with Crippen LogP contribution < -0.4 is 0 Å². The third kappa shape index (κ3) is 4.08. The molecule has 1 aromatic carbocycles. The molecule has 0 aliphatic carbocycles. The number of pyridine rings is 1. The maximum atomic E-state index is 4.68. The van der Waals surface area contributed by atoms with E-state index in [1.165, 1.54) is 24.6 Å². The summed E-state index contributed by atoms with van der Waals surface area (Å²) in [5.74, 6) is 1.13. The second kappa shape index (κ2) is 7.27. The number of aryl methyl sites for hydroxylation is 1. The minimum absolute atomic E-state index is 1.02. The Morgan fingerprint density at radius 1 is 0.952 bits per heavy atom. The zero-order valence-corrected chi connectivity index (χ0v) is 12.8. The molecule has 0 N–H and O–H groups in total. The molecule has 108 valence electrons. The Bertz CT molecular complexity index is 679. The first-order valence-corrected chi connectivity index (χ1v) is 8.36. The van der Waals surface area contributed by atoms with E-state index >= 15 is 0 Å². The van der Waals surface area contributed by atoms with Gasteiger partial charge in [-0.15, -0.1) is 11.8 Å². The van der Waals surface area contributed by atoms with E-state index in [9.17, 15) is 0 Å². The molecular weight excluding hydrogens is 278 g/mol. The zero-order valence-electron chi connectivity index (χ0n) is 12.0. The predicted molar refractivity (Wildman–Crippen MR) is 88.5 cm³/mol. The van der Waals surface area contributed by atoms with Crippen molar-refractivity contribution < 1.29 is 0 Å². The van der Waals surface area contributed by atoms with E-state index in [2.05, 4.69) is 40.4 Å². The fourth-order valence-electron chi connectivity index (χ4n) is 2.29. The van der Waals surface area contributed by atoms with Gasteiger partial charge in [-0.25, -0.2) is 4.98 Å². The Labute approximate surface area is 129 Å². The number of hydrogen-bond donors (Lipinski definition) is 0. The first-order valence-electron chi connectivity index (χ1n) is 7.38. The highest BCUT2D eigenvalue weighted by Gasteiger charge is 1.99. The Balaban J connectivity index is 1.40. The van der Waals surface area contributed by atoms with Crippen LogP contribution in [0.15, 0.2) is 59.9 Å². The van der Waals surface area contributed by atoms with E-state index in [1.807, 2.05) is 41.0 Å². The van der Waals surface area contributed by atoms with Gasteiger partial charge in [0.25, 0.3) is 0 Å². The molecule has 0 aliphatic rings. The molecule has 0 unspecified atom stereocenters. The highest BCUT2D eigenvalue weighted by atomic mass is 32.2. The number of hydrogen-bond acceptors (Lipinski definition) is 3. The average Bonchev–Trinajstić information content (AvgIpc) is 3.04. The molecule has 0 saturated carbocycles. The van der Waals surface area contributed by atoms with Gasteiger partial charge in [0.05, 0.1) is 10.5 Å². The topological polar surface area (TPSA) is 30.7 Å².